The summed E-state index contributed by atoms with van der Waals surface area (Å²) in [7, 11) is 0. The molecule has 1 N–H and O–H groups in total. The van der Waals surface area contributed by atoms with Gasteiger partial charge in [0.1, 0.15) is 0 Å². The molecule has 1 unspecified atom stereocenters. The molecule has 1 heterocycles. The van der Waals surface area contributed by atoms with Crippen molar-refractivity contribution in [3.63, 3.8) is 0 Å². The second-order valence-corrected chi connectivity index (χ2v) is 6.05. The van der Waals surface area contributed by atoms with E-state index in [-0.39, 0.29) is 0 Å². The molecule has 1 atom stereocenters. The number of benzene rings is 2. The van der Waals surface area contributed by atoms with Crippen LogP contribution < -0.4 is 0 Å². The molecule has 4 nitrogen and oxygen atoms in total. The third-order valence-corrected chi connectivity index (χ3v) is 4.56. The van der Waals surface area contributed by atoms with Gasteiger partial charge in [-0.3, -0.25) is 4.98 Å². The molecule has 0 aliphatic carbocycles. The first kappa shape index (κ1) is 16.0. The minimum atomic E-state index is -2.06. The Kier molecular flexibility index (Phi) is 4.45. The van der Waals surface area contributed by atoms with E-state index in [2.05, 4.69) is 11.1 Å². The number of thioether (sulfide) groups is 1. The summed E-state index contributed by atoms with van der Waals surface area (Å²) >= 11 is 0.620. The largest absolute Gasteiger partial charge is 0.478 e. The molecule has 2 aromatic carbocycles. The van der Waals surface area contributed by atoms with E-state index in [9.17, 15) is 14.4 Å². The Balaban J connectivity index is 2.19. The highest BCUT2D eigenvalue weighted by atomic mass is 32.2. The van der Waals surface area contributed by atoms with Gasteiger partial charge in [0, 0.05) is 28.2 Å². The Bertz CT molecular complexity index is 969. The molecule has 118 valence electrons. The van der Waals surface area contributed by atoms with Crippen molar-refractivity contribution in [1.29, 1.82) is 5.26 Å². The van der Waals surface area contributed by atoms with Crippen molar-refractivity contribution in [3.8, 4) is 17.2 Å². The molecule has 0 fully saturated rings. The molecule has 0 spiro atoms. The van der Waals surface area contributed by atoms with Crippen molar-refractivity contribution in [1.82, 2.24) is 4.98 Å². The van der Waals surface area contributed by atoms with Crippen LogP contribution in [0.4, 0.5) is 4.39 Å². The van der Waals surface area contributed by atoms with Crippen LogP contribution in [0.3, 0.4) is 0 Å². The second kappa shape index (κ2) is 6.69. The van der Waals surface area contributed by atoms with Gasteiger partial charge in [-0.1, -0.05) is 42.1 Å². The molecule has 0 aliphatic heterocycles. The Labute approximate surface area is 141 Å². The maximum atomic E-state index is 13.6. The maximum Gasteiger partial charge on any atom is 0.349 e. The number of fused-ring (bicyclic) bond motifs is 1. The van der Waals surface area contributed by atoms with Gasteiger partial charge in [-0.15, -0.1) is 0 Å². The second-order valence-electron chi connectivity index (χ2n) is 4.96. The van der Waals surface area contributed by atoms with Crippen LogP contribution in [-0.4, -0.2) is 21.6 Å². The van der Waals surface area contributed by atoms with Gasteiger partial charge < -0.3 is 5.11 Å². The molecule has 1 aromatic heterocycles. The highest BCUT2D eigenvalue weighted by molar-refractivity contribution is 8.00. The Morgan fingerprint density at radius 2 is 1.92 bits per heavy atom. The number of hydrogen-bond acceptors (Lipinski definition) is 4. The summed E-state index contributed by atoms with van der Waals surface area (Å²) in [5.41, 5.74) is -0.109. The van der Waals surface area contributed by atoms with Crippen molar-refractivity contribution < 1.29 is 14.3 Å². The molecule has 0 saturated carbocycles. The summed E-state index contributed by atoms with van der Waals surface area (Å²) in [6.45, 7) is 0. The van der Waals surface area contributed by atoms with Crippen molar-refractivity contribution >= 4 is 28.5 Å². The Morgan fingerprint density at radius 3 is 2.62 bits per heavy atom. The fraction of sp³-hybridized carbons (Fsp3) is 0.0556. The average Bonchev–Trinajstić information content (AvgIpc) is 2.61. The van der Waals surface area contributed by atoms with E-state index < -0.39 is 11.5 Å². The fourth-order valence-corrected chi connectivity index (χ4v) is 3.23. The first-order valence-electron chi connectivity index (χ1n) is 7.01. The van der Waals surface area contributed by atoms with E-state index >= 15 is 0 Å². The zero-order chi connectivity index (χ0) is 17.1. The predicted molar refractivity (Wildman–Crippen MR) is 90.3 cm³/mol. The highest BCUT2D eigenvalue weighted by Crippen LogP contribution is 2.37. The van der Waals surface area contributed by atoms with Crippen LogP contribution in [0.15, 0.2) is 59.8 Å². The number of rotatable bonds is 4. The van der Waals surface area contributed by atoms with Crippen molar-refractivity contribution in [2.24, 2.45) is 0 Å². The zero-order valence-electron chi connectivity index (χ0n) is 12.3. The minimum Gasteiger partial charge on any atom is -0.478 e. The van der Waals surface area contributed by atoms with Crippen LogP contribution in [0.25, 0.3) is 21.9 Å². The molecular weight excluding hydrogens is 327 g/mol. The van der Waals surface area contributed by atoms with E-state index in [1.807, 2.05) is 24.3 Å². The minimum absolute atomic E-state index is 0.481. The fourth-order valence-electron chi connectivity index (χ4n) is 2.48. The lowest BCUT2D eigenvalue weighted by atomic mass is 9.96. The lowest BCUT2D eigenvalue weighted by Crippen LogP contribution is -2.09. The van der Waals surface area contributed by atoms with Gasteiger partial charge in [0.05, 0.1) is 11.6 Å². The van der Waals surface area contributed by atoms with Gasteiger partial charge in [0.15, 0.2) is 0 Å². The highest BCUT2D eigenvalue weighted by Gasteiger charge is 2.20. The summed E-state index contributed by atoms with van der Waals surface area (Å²) in [6.07, 6.45) is 3.07. The quantitative estimate of drug-likeness (QED) is 0.720. The number of pyridine rings is 1. The molecule has 0 bridgehead atoms. The van der Waals surface area contributed by atoms with Crippen LogP contribution in [0.2, 0.25) is 0 Å². The first-order valence-corrected chi connectivity index (χ1v) is 7.89. The number of hydrogen-bond donors (Lipinski definition) is 1. The number of carboxylic acids is 1. The third kappa shape index (κ3) is 2.94. The van der Waals surface area contributed by atoms with Gasteiger partial charge in [-0.05, 0) is 23.1 Å². The number of aliphatic carboxylic acids is 1. The summed E-state index contributed by atoms with van der Waals surface area (Å²) in [6, 6.07) is 14.6. The summed E-state index contributed by atoms with van der Waals surface area (Å²) in [5.74, 6) is -1.52. The maximum absolute atomic E-state index is 13.6. The SMILES string of the molecule is N#Cc1ccc(-c2cnccc2SC(F)C(=O)O)c2ccccc12. The zero-order valence-corrected chi connectivity index (χ0v) is 13.1. The topological polar surface area (TPSA) is 74.0 Å². The Morgan fingerprint density at radius 1 is 1.17 bits per heavy atom. The lowest BCUT2D eigenvalue weighted by Gasteiger charge is -2.12. The molecular formula is C18H11FN2O2S. The number of nitrogens with zero attached hydrogens (tertiary/aromatic N) is 2. The van der Waals surface area contributed by atoms with Crippen LogP contribution in [-0.2, 0) is 4.79 Å². The number of alkyl halides is 1. The van der Waals surface area contributed by atoms with E-state index in [1.54, 1.807) is 24.4 Å². The Hall–Kier alpha value is -2.91. The lowest BCUT2D eigenvalue weighted by molar-refractivity contribution is -0.139. The van der Waals surface area contributed by atoms with Crippen LogP contribution >= 0.6 is 11.8 Å². The molecule has 0 radical (unpaired) electrons. The smallest absolute Gasteiger partial charge is 0.349 e. The summed E-state index contributed by atoms with van der Waals surface area (Å²) in [4.78, 5) is 15.4. The van der Waals surface area contributed by atoms with Crippen LogP contribution in [0, 0.1) is 11.3 Å². The van der Waals surface area contributed by atoms with Gasteiger partial charge in [0.2, 0.25) is 5.50 Å². The first-order chi connectivity index (χ1) is 11.6. The molecule has 0 amide bonds. The van der Waals surface area contributed by atoms with Crippen LogP contribution in [0.5, 0.6) is 0 Å². The van der Waals surface area contributed by atoms with E-state index in [1.165, 1.54) is 6.20 Å². The number of halogens is 1. The van der Waals surface area contributed by atoms with Crippen molar-refractivity contribution in [2.75, 3.05) is 0 Å². The standard InChI is InChI=1S/C18H11FN2O2S/c19-17(18(22)23)24-16-7-8-21-10-15(16)14-6-5-11(9-20)12-3-1-2-4-13(12)14/h1-8,10,17H,(H,22,23). The summed E-state index contributed by atoms with van der Waals surface area (Å²) < 4.78 is 13.6. The predicted octanol–water partition coefficient (Wildman–Crippen LogP) is 4.25. The van der Waals surface area contributed by atoms with Gasteiger partial charge >= 0.3 is 5.97 Å². The van der Waals surface area contributed by atoms with Gasteiger partial charge in [0.25, 0.3) is 0 Å². The molecule has 0 aliphatic rings. The normalized spacial score (nSPS) is 11.8. The van der Waals surface area contributed by atoms with Gasteiger partial charge in [-0.2, -0.15) is 5.26 Å². The molecule has 3 rings (SSSR count). The number of aromatic nitrogens is 1. The summed E-state index contributed by atoms with van der Waals surface area (Å²) in [5, 5.41) is 19.7. The van der Waals surface area contributed by atoms with E-state index in [4.69, 9.17) is 5.11 Å². The molecule has 3 aromatic rings. The van der Waals surface area contributed by atoms with E-state index in [0.29, 0.717) is 27.8 Å². The number of nitriles is 1. The molecule has 24 heavy (non-hydrogen) atoms. The number of carbonyl (C=O) groups is 1. The molecule has 0 saturated heterocycles. The van der Waals surface area contributed by atoms with Crippen LogP contribution in [0.1, 0.15) is 5.56 Å². The monoisotopic (exact) mass is 338 g/mol. The van der Waals surface area contributed by atoms with Crippen molar-refractivity contribution in [2.45, 2.75) is 10.4 Å². The molecule has 6 heteroatoms. The number of carboxylic acid groups (broad SMARTS) is 1. The van der Waals surface area contributed by atoms with Crippen molar-refractivity contribution in [3.05, 3.63) is 60.4 Å². The van der Waals surface area contributed by atoms with Gasteiger partial charge in [-0.25, -0.2) is 9.18 Å². The average molecular weight is 338 g/mol. The van der Waals surface area contributed by atoms with E-state index in [0.717, 1.165) is 16.3 Å². The third-order valence-electron chi connectivity index (χ3n) is 3.54.